The first-order valence-corrected chi connectivity index (χ1v) is 5.09. The lowest BCUT2D eigenvalue weighted by atomic mass is 10.2. The molecule has 4 nitrogen and oxygen atoms in total. The van der Waals surface area contributed by atoms with E-state index in [-0.39, 0.29) is 5.91 Å². The van der Waals surface area contributed by atoms with E-state index < -0.39 is 0 Å². The van der Waals surface area contributed by atoms with E-state index >= 15 is 0 Å². The van der Waals surface area contributed by atoms with Crippen LogP contribution in [0.1, 0.15) is 16.1 Å². The fraction of sp³-hybridized carbons (Fsp3) is 0.167. The highest BCUT2D eigenvalue weighted by Gasteiger charge is 2.06. The predicted octanol–water partition coefficient (Wildman–Crippen LogP) is 1.29. The Balaban J connectivity index is 2.12. The van der Waals surface area contributed by atoms with Gasteiger partial charge in [0, 0.05) is 13.2 Å². The summed E-state index contributed by atoms with van der Waals surface area (Å²) in [6.45, 7) is 0.678. The molecule has 4 heteroatoms. The molecule has 1 amide bonds. The molecule has 1 aromatic heterocycles. The second-order valence-electron chi connectivity index (χ2n) is 3.46. The van der Waals surface area contributed by atoms with Gasteiger partial charge in [0.1, 0.15) is 5.69 Å². The first kappa shape index (κ1) is 10.4. The van der Waals surface area contributed by atoms with Crippen LogP contribution in [0.5, 0.6) is 0 Å². The van der Waals surface area contributed by atoms with Gasteiger partial charge in [0.15, 0.2) is 0 Å². The number of rotatable bonds is 3. The van der Waals surface area contributed by atoms with Crippen LogP contribution in [0.25, 0.3) is 0 Å². The largest absolute Gasteiger partial charge is 0.354 e. The fourth-order valence-corrected chi connectivity index (χ4v) is 1.47. The van der Waals surface area contributed by atoms with Crippen molar-refractivity contribution in [2.45, 2.75) is 6.54 Å². The van der Waals surface area contributed by atoms with Crippen molar-refractivity contribution in [2.75, 3.05) is 7.05 Å². The second-order valence-corrected chi connectivity index (χ2v) is 3.46. The van der Waals surface area contributed by atoms with E-state index in [4.69, 9.17) is 0 Å². The number of carbonyl (C=O) groups excluding carboxylic acids is 1. The van der Waals surface area contributed by atoms with Crippen molar-refractivity contribution in [1.29, 1.82) is 0 Å². The van der Waals surface area contributed by atoms with Gasteiger partial charge in [-0.15, -0.1) is 0 Å². The summed E-state index contributed by atoms with van der Waals surface area (Å²) in [6, 6.07) is 11.7. The van der Waals surface area contributed by atoms with Crippen molar-refractivity contribution in [2.24, 2.45) is 0 Å². The van der Waals surface area contributed by atoms with Crippen LogP contribution in [0.4, 0.5) is 0 Å². The molecule has 0 aliphatic carbocycles. The minimum Gasteiger partial charge on any atom is -0.354 e. The second kappa shape index (κ2) is 4.61. The van der Waals surface area contributed by atoms with E-state index in [9.17, 15) is 4.79 Å². The molecule has 1 heterocycles. The van der Waals surface area contributed by atoms with Crippen LogP contribution >= 0.6 is 0 Å². The Morgan fingerprint density at radius 3 is 2.75 bits per heavy atom. The van der Waals surface area contributed by atoms with E-state index in [0.717, 1.165) is 5.56 Å². The average molecular weight is 215 g/mol. The van der Waals surface area contributed by atoms with Gasteiger partial charge in [0.05, 0.1) is 6.54 Å². The van der Waals surface area contributed by atoms with Gasteiger partial charge in [-0.1, -0.05) is 30.3 Å². The van der Waals surface area contributed by atoms with Gasteiger partial charge >= 0.3 is 0 Å². The zero-order valence-corrected chi connectivity index (χ0v) is 9.05. The van der Waals surface area contributed by atoms with Crippen molar-refractivity contribution in [3.05, 3.63) is 53.9 Å². The van der Waals surface area contributed by atoms with E-state index in [0.29, 0.717) is 12.2 Å². The number of amides is 1. The molecule has 1 N–H and O–H groups in total. The van der Waals surface area contributed by atoms with Crippen molar-refractivity contribution < 1.29 is 4.79 Å². The summed E-state index contributed by atoms with van der Waals surface area (Å²) < 4.78 is 1.75. The van der Waals surface area contributed by atoms with Gasteiger partial charge in [-0.25, -0.2) is 0 Å². The standard InChI is InChI=1S/C12H13N3O/c1-13-12(16)11-7-8-15(14-11)9-10-5-3-2-4-6-10/h2-8H,9H2,1H3,(H,13,16). The number of hydrogen-bond donors (Lipinski definition) is 1. The van der Waals surface area contributed by atoms with Crippen molar-refractivity contribution >= 4 is 5.91 Å². The van der Waals surface area contributed by atoms with E-state index in [1.807, 2.05) is 30.3 Å². The van der Waals surface area contributed by atoms with Crippen LogP contribution in [0.15, 0.2) is 42.6 Å². The van der Waals surface area contributed by atoms with E-state index in [1.54, 1.807) is 24.0 Å². The summed E-state index contributed by atoms with van der Waals surface area (Å²) in [6.07, 6.45) is 1.80. The normalized spacial score (nSPS) is 10.1. The molecule has 82 valence electrons. The summed E-state index contributed by atoms with van der Waals surface area (Å²) >= 11 is 0. The quantitative estimate of drug-likeness (QED) is 0.838. The highest BCUT2D eigenvalue weighted by molar-refractivity contribution is 5.91. The van der Waals surface area contributed by atoms with Crippen molar-refractivity contribution in [3.8, 4) is 0 Å². The maximum Gasteiger partial charge on any atom is 0.271 e. The number of nitrogens with zero attached hydrogens (tertiary/aromatic N) is 2. The molecule has 0 fully saturated rings. The van der Waals surface area contributed by atoms with Crippen LogP contribution in [-0.2, 0) is 6.54 Å². The third-order valence-electron chi connectivity index (χ3n) is 2.29. The fourth-order valence-electron chi connectivity index (χ4n) is 1.47. The molecule has 2 rings (SSSR count). The first-order valence-electron chi connectivity index (χ1n) is 5.09. The van der Waals surface area contributed by atoms with Crippen molar-refractivity contribution in [1.82, 2.24) is 15.1 Å². The molecule has 1 aromatic carbocycles. The smallest absolute Gasteiger partial charge is 0.271 e. The summed E-state index contributed by atoms with van der Waals surface area (Å²) in [4.78, 5) is 11.3. The molecule has 2 aromatic rings. The Morgan fingerprint density at radius 1 is 1.31 bits per heavy atom. The highest BCUT2D eigenvalue weighted by atomic mass is 16.1. The molecule has 16 heavy (non-hydrogen) atoms. The molecule has 0 saturated heterocycles. The molecule has 0 unspecified atom stereocenters. The third kappa shape index (κ3) is 2.28. The molecular formula is C12H13N3O. The Morgan fingerprint density at radius 2 is 2.06 bits per heavy atom. The maximum atomic E-state index is 11.3. The zero-order valence-electron chi connectivity index (χ0n) is 9.05. The Hall–Kier alpha value is -2.10. The predicted molar refractivity (Wildman–Crippen MR) is 61.2 cm³/mol. The lowest BCUT2D eigenvalue weighted by Crippen LogP contribution is -2.18. The first-order chi connectivity index (χ1) is 7.79. The highest BCUT2D eigenvalue weighted by Crippen LogP contribution is 2.02. The minimum absolute atomic E-state index is 0.160. The lowest BCUT2D eigenvalue weighted by molar-refractivity contribution is 0.0957. The van der Waals surface area contributed by atoms with Gasteiger partial charge in [-0.3, -0.25) is 9.48 Å². The van der Waals surface area contributed by atoms with Crippen LogP contribution in [0, 0.1) is 0 Å². The van der Waals surface area contributed by atoms with Crippen LogP contribution in [0.3, 0.4) is 0 Å². The average Bonchev–Trinajstić information content (AvgIpc) is 2.78. The summed E-state index contributed by atoms with van der Waals surface area (Å²) in [5.41, 5.74) is 1.60. The minimum atomic E-state index is -0.160. The lowest BCUT2D eigenvalue weighted by Gasteiger charge is -2.00. The number of hydrogen-bond acceptors (Lipinski definition) is 2. The summed E-state index contributed by atoms with van der Waals surface area (Å²) in [5, 5.41) is 6.72. The van der Waals surface area contributed by atoms with Gasteiger partial charge in [-0.2, -0.15) is 5.10 Å². The van der Waals surface area contributed by atoms with Gasteiger partial charge in [-0.05, 0) is 11.6 Å². The third-order valence-corrected chi connectivity index (χ3v) is 2.29. The topological polar surface area (TPSA) is 46.9 Å². The number of aromatic nitrogens is 2. The number of carbonyl (C=O) groups is 1. The summed E-state index contributed by atoms with van der Waals surface area (Å²) in [7, 11) is 1.60. The van der Waals surface area contributed by atoms with Crippen LogP contribution in [0.2, 0.25) is 0 Å². The summed E-state index contributed by atoms with van der Waals surface area (Å²) in [5.74, 6) is -0.160. The Kier molecular flexibility index (Phi) is 3.00. The number of benzene rings is 1. The molecule has 0 bridgehead atoms. The molecule has 0 aliphatic rings. The number of nitrogens with one attached hydrogen (secondary N) is 1. The molecule has 0 saturated carbocycles. The molecule has 0 spiro atoms. The Bertz CT molecular complexity index is 476. The monoisotopic (exact) mass is 215 g/mol. The van der Waals surface area contributed by atoms with Crippen molar-refractivity contribution in [3.63, 3.8) is 0 Å². The van der Waals surface area contributed by atoms with Gasteiger partial charge in [0.25, 0.3) is 5.91 Å². The molecule has 0 atom stereocenters. The van der Waals surface area contributed by atoms with Crippen LogP contribution in [-0.4, -0.2) is 22.7 Å². The van der Waals surface area contributed by atoms with Crippen LogP contribution < -0.4 is 5.32 Å². The van der Waals surface area contributed by atoms with E-state index in [1.165, 1.54) is 0 Å². The SMILES string of the molecule is CNC(=O)c1ccn(Cc2ccccc2)n1. The van der Waals surface area contributed by atoms with Gasteiger partial charge < -0.3 is 5.32 Å². The molecular weight excluding hydrogens is 202 g/mol. The van der Waals surface area contributed by atoms with E-state index in [2.05, 4.69) is 10.4 Å². The molecule has 0 radical (unpaired) electrons. The maximum absolute atomic E-state index is 11.3. The molecule has 0 aliphatic heterocycles. The zero-order chi connectivity index (χ0) is 11.4. The van der Waals surface area contributed by atoms with Gasteiger partial charge in [0.2, 0.25) is 0 Å². The Labute approximate surface area is 93.9 Å².